The highest BCUT2D eigenvalue weighted by Gasteiger charge is 2.23. The SMILES string of the molecule is COC(=O)CC(O)C(O)c1ccc(OC)c(C(=O)O)c1. The molecule has 0 heterocycles. The average Bonchev–Trinajstić information content (AvgIpc) is 2.45. The fourth-order valence-electron chi connectivity index (χ4n) is 1.66. The zero-order valence-electron chi connectivity index (χ0n) is 11.1. The number of carboxylic acid groups (broad SMARTS) is 1. The van der Waals surface area contributed by atoms with Gasteiger partial charge in [0.2, 0.25) is 0 Å². The van der Waals surface area contributed by atoms with Crippen LogP contribution >= 0.6 is 0 Å². The summed E-state index contributed by atoms with van der Waals surface area (Å²) in [6.45, 7) is 0. The van der Waals surface area contributed by atoms with Crippen LogP contribution in [0.4, 0.5) is 0 Å². The monoisotopic (exact) mass is 284 g/mol. The summed E-state index contributed by atoms with van der Waals surface area (Å²) in [5.74, 6) is -1.77. The number of esters is 1. The van der Waals surface area contributed by atoms with E-state index in [2.05, 4.69) is 4.74 Å². The molecule has 1 rings (SSSR count). The highest BCUT2D eigenvalue weighted by molar-refractivity contribution is 5.91. The van der Waals surface area contributed by atoms with Crippen molar-refractivity contribution in [1.82, 2.24) is 0 Å². The Bertz CT molecular complexity index is 497. The molecule has 1 aromatic rings. The molecule has 0 amide bonds. The van der Waals surface area contributed by atoms with Crippen molar-refractivity contribution in [1.29, 1.82) is 0 Å². The van der Waals surface area contributed by atoms with Gasteiger partial charge < -0.3 is 24.8 Å². The molecule has 0 fully saturated rings. The molecule has 20 heavy (non-hydrogen) atoms. The molecule has 7 heteroatoms. The summed E-state index contributed by atoms with van der Waals surface area (Å²) in [5, 5.41) is 28.6. The molecule has 0 saturated heterocycles. The number of carbonyl (C=O) groups excluding carboxylic acids is 1. The standard InChI is InChI=1S/C13H16O7/c1-19-10-4-3-7(5-8(10)13(17)18)12(16)9(14)6-11(15)20-2/h3-5,9,12,14,16H,6H2,1-2H3,(H,17,18). The Morgan fingerprint density at radius 1 is 1.25 bits per heavy atom. The highest BCUT2D eigenvalue weighted by atomic mass is 16.5. The van der Waals surface area contributed by atoms with Gasteiger partial charge in [-0.15, -0.1) is 0 Å². The molecular formula is C13H16O7. The molecule has 2 unspecified atom stereocenters. The molecule has 0 spiro atoms. The molecule has 110 valence electrons. The molecule has 0 aliphatic heterocycles. The van der Waals surface area contributed by atoms with Crippen molar-refractivity contribution in [3.63, 3.8) is 0 Å². The summed E-state index contributed by atoms with van der Waals surface area (Å²) >= 11 is 0. The molecule has 0 radical (unpaired) electrons. The predicted octanol–water partition coefficient (Wildman–Crippen LogP) is 0.351. The number of benzene rings is 1. The minimum Gasteiger partial charge on any atom is -0.496 e. The van der Waals surface area contributed by atoms with Crippen molar-refractivity contribution in [3.8, 4) is 5.75 Å². The number of aliphatic hydroxyl groups excluding tert-OH is 2. The van der Waals surface area contributed by atoms with Crippen LogP contribution in [0.2, 0.25) is 0 Å². The number of carboxylic acids is 1. The van der Waals surface area contributed by atoms with E-state index in [1.165, 1.54) is 25.3 Å². The lowest BCUT2D eigenvalue weighted by molar-refractivity contribution is -0.144. The minimum atomic E-state index is -1.40. The first-order valence-electron chi connectivity index (χ1n) is 5.74. The normalized spacial score (nSPS) is 13.4. The zero-order chi connectivity index (χ0) is 15.3. The lowest BCUT2D eigenvalue weighted by Gasteiger charge is -2.18. The Hall–Kier alpha value is -2.12. The van der Waals surface area contributed by atoms with Gasteiger partial charge in [-0.05, 0) is 17.7 Å². The van der Waals surface area contributed by atoms with E-state index in [4.69, 9.17) is 9.84 Å². The minimum absolute atomic E-state index is 0.135. The van der Waals surface area contributed by atoms with Crippen molar-refractivity contribution < 1.29 is 34.4 Å². The molecule has 7 nitrogen and oxygen atoms in total. The summed E-state index contributed by atoms with van der Waals surface area (Å²) in [7, 11) is 2.49. The van der Waals surface area contributed by atoms with Gasteiger partial charge in [-0.25, -0.2) is 4.79 Å². The molecule has 3 N–H and O–H groups in total. The predicted molar refractivity (Wildman–Crippen MR) is 67.6 cm³/mol. The smallest absolute Gasteiger partial charge is 0.339 e. The number of hydrogen-bond donors (Lipinski definition) is 3. The van der Waals surface area contributed by atoms with Crippen LogP contribution < -0.4 is 4.74 Å². The molecule has 0 aromatic heterocycles. The van der Waals surface area contributed by atoms with E-state index in [1.54, 1.807) is 0 Å². The number of methoxy groups -OCH3 is 2. The second kappa shape index (κ2) is 6.88. The summed E-state index contributed by atoms with van der Waals surface area (Å²) in [6.07, 6.45) is -3.19. The number of hydrogen-bond acceptors (Lipinski definition) is 6. The molecule has 0 aliphatic rings. The quantitative estimate of drug-likeness (QED) is 0.646. The van der Waals surface area contributed by atoms with E-state index in [9.17, 15) is 19.8 Å². The number of aromatic carboxylic acids is 1. The maximum Gasteiger partial charge on any atom is 0.339 e. The second-order valence-electron chi connectivity index (χ2n) is 4.06. The first kappa shape index (κ1) is 15.9. The van der Waals surface area contributed by atoms with Gasteiger partial charge in [-0.1, -0.05) is 6.07 Å². The summed E-state index contributed by atoms with van der Waals surface area (Å²) in [6, 6.07) is 3.97. The van der Waals surface area contributed by atoms with E-state index in [0.29, 0.717) is 0 Å². The molecule has 0 saturated carbocycles. The average molecular weight is 284 g/mol. The fourth-order valence-corrected chi connectivity index (χ4v) is 1.66. The van der Waals surface area contributed by atoms with Crippen LogP contribution in [0, 0.1) is 0 Å². The van der Waals surface area contributed by atoms with E-state index in [0.717, 1.165) is 7.11 Å². The van der Waals surface area contributed by atoms with Gasteiger partial charge in [0, 0.05) is 0 Å². The van der Waals surface area contributed by atoms with Gasteiger partial charge >= 0.3 is 11.9 Å². The highest BCUT2D eigenvalue weighted by Crippen LogP contribution is 2.26. The van der Waals surface area contributed by atoms with E-state index in [1.807, 2.05) is 0 Å². The maximum atomic E-state index is 11.1. The van der Waals surface area contributed by atoms with Crippen molar-refractivity contribution in [2.24, 2.45) is 0 Å². The van der Waals surface area contributed by atoms with Crippen molar-refractivity contribution in [3.05, 3.63) is 29.3 Å². The Kier molecular flexibility index (Phi) is 5.48. The Morgan fingerprint density at radius 3 is 2.40 bits per heavy atom. The second-order valence-corrected chi connectivity index (χ2v) is 4.06. The van der Waals surface area contributed by atoms with Crippen molar-refractivity contribution in [2.45, 2.75) is 18.6 Å². The van der Waals surface area contributed by atoms with Crippen LogP contribution in [-0.2, 0) is 9.53 Å². The van der Waals surface area contributed by atoms with Crippen molar-refractivity contribution in [2.75, 3.05) is 14.2 Å². The largest absolute Gasteiger partial charge is 0.496 e. The third kappa shape index (κ3) is 3.69. The molecule has 0 bridgehead atoms. The van der Waals surface area contributed by atoms with Gasteiger partial charge in [0.15, 0.2) is 0 Å². The molecular weight excluding hydrogens is 268 g/mol. The van der Waals surface area contributed by atoms with E-state index in [-0.39, 0.29) is 16.9 Å². The van der Waals surface area contributed by atoms with Crippen LogP contribution in [0.3, 0.4) is 0 Å². The van der Waals surface area contributed by atoms with Crippen LogP contribution in [0.1, 0.15) is 28.4 Å². The van der Waals surface area contributed by atoms with Gasteiger partial charge in [0.25, 0.3) is 0 Å². The van der Waals surface area contributed by atoms with Crippen LogP contribution in [0.25, 0.3) is 0 Å². The fraction of sp³-hybridized carbons (Fsp3) is 0.385. The van der Waals surface area contributed by atoms with Crippen LogP contribution in [0.15, 0.2) is 18.2 Å². The molecule has 1 aromatic carbocycles. The first-order chi connectivity index (χ1) is 9.40. The number of rotatable bonds is 6. The summed E-state index contributed by atoms with van der Waals surface area (Å²) < 4.78 is 9.27. The number of carbonyl (C=O) groups is 2. The topological polar surface area (TPSA) is 113 Å². The Morgan fingerprint density at radius 2 is 1.90 bits per heavy atom. The lowest BCUT2D eigenvalue weighted by atomic mass is 9.99. The van der Waals surface area contributed by atoms with Gasteiger partial charge in [0.05, 0.1) is 26.7 Å². The van der Waals surface area contributed by atoms with Gasteiger partial charge in [0.1, 0.15) is 17.4 Å². The number of ether oxygens (including phenoxy) is 2. The lowest BCUT2D eigenvalue weighted by Crippen LogP contribution is -2.22. The van der Waals surface area contributed by atoms with Crippen molar-refractivity contribution >= 4 is 11.9 Å². The Balaban J connectivity index is 2.98. The first-order valence-corrected chi connectivity index (χ1v) is 5.74. The molecule has 0 aliphatic carbocycles. The van der Waals surface area contributed by atoms with E-state index < -0.39 is 30.6 Å². The molecule has 2 atom stereocenters. The summed E-state index contributed by atoms with van der Waals surface area (Å²) in [5.41, 5.74) is 0.0221. The summed E-state index contributed by atoms with van der Waals surface area (Å²) in [4.78, 5) is 22.1. The van der Waals surface area contributed by atoms with Gasteiger partial charge in [-0.2, -0.15) is 0 Å². The van der Waals surface area contributed by atoms with E-state index >= 15 is 0 Å². The van der Waals surface area contributed by atoms with Crippen LogP contribution in [-0.4, -0.2) is 47.6 Å². The van der Waals surface area contributed by atoms with Gasteiger partial charge in [-0.3, -0.25) is 4.79 Å². The zero-order valence-corrected chi connectivity index (χ0v) is 11.1. The maximum absolute atomic E-state index is 11.1. The third-order valence-electron chi connectivity index (χ3n) is 2.76. The van der Waals surface area contributed by atoms with Crippen LogP contribution in [0.5, 0.6) is 5.75 Å². The number of aliphatic hydroxyl groups is 2. The Labute approximate surface area is 115 Å². The third-order valence-corrected chi connectivity index (χ3v) is 2.76.